The van der Waals surface area contributed by atoms with Crippen molar-refractivity contribution in [1.29, 1.82) is 0 Å². The molecule has 26 heavy (non-hydrogen) atoms. The molecule has 0 unspecified atom stereocenters. The molecule has 0 bridgehead atoms. The highest BCUT2D eigenvalue weighted by atomic mass is 16.5. The molecule has 0 saturated heterocycles. The number of hydrogen-bond donors (Lipinski definition) is 1. The molecule has 0 aliphatic heterocycles. The Balaban J connectivity index is 1.74. The van der Waals surface area contributed by atoms with E-state index in [1.807, 2.05) is 84.9 Å². The third-order valence-corrected chi connectivity index (χ3v) is 4.07. The minimum atomic E-state index is -0.136. The predicted molar refractivity (Wildman–Crippen MR) is 104 cm³/mol. The van der Waals surface area contributed by atoms with Crippen LogP contribution >= 0.6 is 0 Å². The van der Waals surface area contributed by atoms with Gasteiger partial charge in [-0.2, -0.15) is 0 Å². The van der Waals surface area contributed by atoms with E-state index in [1.165, 1.54) is 0 Å². The highest BCUT2D eigenvalue weighted by molar-refractivity contribution is 5.91. The molecule has 0 aliphatic carbocycles. The molecule has 0 spiro atoms. The number of nitrogens with zero attached hydrogens (tertiary/aromatic N) is 1. The lowest BCUT2D eigenvalue weighted by Gasteiger charge is -2.23. The van der Waals surface area contributed by atoms with Gasteiger partial charge in [-0.05, 0) is 35.4 Å². The molecule has 0 atom stereocenters. The van der Waals surface area contributed by atoms with Crippen molar-refractivity contribution in [2.24, 2.45) is 0 Å². The Morgan fingerprint density at radius 2 is 1.54 bits per heavy atom. The van der Waals surface area contributed by atoms with Gasteiger partial charge in [0.1, 0.15) is 5.75 Å². The average Bonchev–Trinajstić information content (AvgIpc) is 2.72. The molecule has 0 aliphatic rings. The molecule has 132 valence electrons. The smallest absolute Gasteiger partial charge is 0.322 e. The lowest BCUT2D eigenvalue weighted by Crippen LogP contribution is -2.39. The third kappa shape index (κ3) is 4.63. The largest absolute Gasteiger partial charge is 0.497 e. The number of benzene rings is 3. The second-order valence-electron chi connectivity index (χ2n) is 5.92. The lowest BCUT2D eigenvalue weighted by molar-refractivity contribution is 0.245. The van der Waals surface area contributed by atoms with Gasteiger partial charge in [0.05, 0.1) is 13.7 Å². The van der Waals surface area contributed by atoms with E-state index in [0.29, 0.717) is 13.1 Å². The van der Waals surface area contributed by atoms with Gasteiger partial charge < -0.3 is 10.1 Å². The first-order chi connectivity index (χ1) is 12.8. The van der Waals surface area contributed by atoms with Gasteiger partial charge in [0.25, 0.3) is 0 Å². The Morgan fingerprint density at radius 1 is 0.885 bits per heavy atom. The summed E-state index contributed by atoms with van der Waals surface area (Å²) in [6.45, 7) is 0.947. The number of hydrogen-bond acceptors (Lipinski definition) is 2. The van der Waals surface area contributed by atoms with Crippen LogP contribution < -0.4 is 15.0 Å². The first kappa shape index (κ1) is 17.5. The molecule has 3 rings (SSSR count). The molecule has 0 saturated carbocycles. The number of ether oxygens (including phenoxy) is 1. The van der Waals surface area contributed by atoms with E-state index in [0.717, 1.165) is 22.6 Å². The number of carbonyl (C=O) groups excluding carboxylic acids is 1. The van der Waals surface area contributed by atoms with Crippen LogP contribution in [0.2, 0.25) is 0 Å². The van der Waals surface area contributed by atoms with E-state index in [1.54, 1.807) is 12.0 Å². The van der Waals surface area contributed by atoms with E-state index in [2.05, 4.69) is 5.32 Å². The maximum absolute atomic E-state index is 12.9. The van der Waals surface area contributed by atoms with Gasteiger partial charge >= 0.3 is 6.03 Å². The molecular weight excluding hydrogens is 324 g/mol. The zero-order valence-electron chi connectivity index (χ0n) is 14.8. The Morgan fingerprint density at radius 3 is 2.23 bits per heavy atom. The van der Waals surface area contributed by atoms with Gasteiger partial charge in [-0.15, -0.1) is 0 Å². The molecule has 0 heterocycles. The van der Waals surface area contributed by atoms with Crippen LogP contribution in [0.15, 0.2) is 84.9 Å². The fourth-order valence-electron chi connectivity index (χ4n) is 2.71. The van der Waals surface area contributed by atoms with E-state index >= 15 is 0 Å². The molecule has 3 aromatic carbocycles. The minimum absolute atomic E-state index is 0.136. The quantitative estimate of drug-likeness (QED) is 0.708. The first-order valence-electron chi connectivity index (χ1n) is 8.53. The second-order valence-corrected chi connectivity index (χ2v) is 5.92. The van der Waals surface area contributed by atoms with Gasteiger partial charge in [0.2, 0.25) is 0 Å². The molecular formula is C22H22N2O2. The summed E-state index contributed by atoms with van der Waals surface area (Å²) in [7, 11) is 1.63. The number of anilines is 1. The summed E-state index contributed by atoms with van der Waals surface area (Å²) in [5, 5.41) is 3.00. The molecule has 4 heteroatoms. The van der Waals surface area contributed by atoms with Gasteiger partial charge in [0, 0.05) is 12.2 Å². The summed E-state index contributed by atoms with van der Waals surface area (Å²) in [4.78, 5) is 14.6. The molecule has 2 amide bonds. The van der Waals surface area contributed by atoms with Crippen LogP contribution in [-0.2, 0) is 13.1 Å². The second kappa shape index (κ2) is 8.72. The van der Waals surface area contributed by atoms with Crippen LogP contribution in [0.3, 0.4) is 0 Å². The van der Waals surface area contributed by atoms with Gasteiger partial charge in [-0.1, -0.05) is 60.7 Å². The maximum Gasteiger partial charge on any atom is 0.322 e. The van der Waals surface area contributed by atoms with Crippen molar-refractivity contribution in [3.63, 3.8) is 0 Å². The summed E-state index contributed by atoms with van der Waals surface area (Å²) in [6, 6.07) is 27.2. The molecule has 4 nitrogen and oxygen atoms in total. The van der Waals surface area contributed by atoms with Crippen LogP contribution in [0.4, 0.5) is 10.5 Å². The number of nitrogens with one attached hydrogen (secondary N) is 1. The number of urea groups is 1. The average molecular weight is 346 g/mol. The van der Waals surface area contributed by atoms with Crippen molar-refractivity contribution >= 4 is 11.7 Å². The fraction of sp³-hybridized carbons (Fsp3) is 0.136. The van der Waals surface area contributed by atoms with Crippen LogP contribution in [-0.4, -0.2) is 13.1 Å². The summed E-state index contributed by atoms with van der Waals surface area (Å²) in [5.41, 5.74) is 2.93. The van der Waals surface area contributed by atoms with Crippen LogP contribution in [0.1, 0.15) is 11.1 Å². The zero-order chi connectivity index (χ0) is 18.2. The number of carbonyl (C=O) groups is 1. The standard InChI is InChI=1S/C22H22N2O2/c1-26-21-14-8-11-19(15-21)16-23-22(25)24(20-12-6-3-7-13-20)17-18-9-4-2-5-10-18/h2-15H,16-17H2,1H3,(H,23,25). The summed E-state index contributed by atoms with van der Waals surface area (Å²) < 4.78 is 5.23. The normalized spacial score (nSPS) is 10.2. The van der Waals surface area contributed by atoms with Crippen molar-refractivity contribution in [2.45, 2.75) is 13.1 Å². The molecule has 0 aromatic heterocycles. The van der Waals surface area contributed by atoms with Gasteiger partial charge in [-0.3, -0.25) is 4.90 Å². The Labute approximate surface area is 154 Å². The van der Waals surface area contributed by atoms with Crippen molar-refractivity contribution in [2.75, 3.05) is 12.0 Å². The highest BCUT2D eigenvalue weighted by Crippen LogP contribution is 2.18. The summed E-state index contributed by atoms with van der Waals surface area (Å²) in [5.74, 6) is 0.779. The van der Waals surface area contributed by atoms with Crippen molar-refractivity contribution in [3.05, 3.63) is 96.1 Å². The van der Waals surface area contributed by atoms with E-state index in [4.69, 9.17) is 4.74 Å². The summed E-state index contributed by atoms with van der Waals surface area (Å²) in [6.07, 6.45) is 0. The number of para-hydroxylation sites is 1. The number of methoxy groups -OCH3 is 1. The number of rotatable bonds is 6. The van der Waals surface area contributed by atoms with Gasteiger partial charge in [0.15, 0.2) is 0 Å². The fourth-order valence-corrected chi connectivity index (χ4v) is 2.71. The lowest BCUT2D eigenvalue weighted by atomic mass is 10.2. The highest BCUT2D eigenvalue weighted by Gasteiger charge is 2.15. The molecule has 0 radical (unpaired) electrons. The zero-order valence-corrected chi connectivity index (χ0v) is 14.8. The van der Waals surface area contributed by atoms with Crippen molar-refractivity contribution in [3.8, 4) is 5.75 Å². The van der Waals surface area contributed by atoms with Crippen molar-refractivity contribution < 1.29 is 9.53 Å². The van der Waals surface area contributed by atoms with Crippen LogP contribution in [0.25, 0.3) is 0 Å². The molecule has 1 N–H and O–H groups in total. The third-order valence-electron chi connectivity index (χ3n) is 4.07. The molecule has 0 fully saturated rings. The predicted octanol–water partition coefficient (Wildman–Crippen LogP) is 4.61. The number of amides is 2. The SMILES string of the molecule is COc1cccc(CNC(=O)N(Cc2ccccc2)c2ccccc2)c1. The topological polar surface area (TPSA) is 41.6 Å². The monoisotopic (exact) mass is 346 g/mol. The first-order valence-corrected chi connectivity index (χ1v) is 8.53. The van der Waals surface area contributed by atoms with Crippen molar-refractivity contribution in [1.82, 2.24) is 5.32 Å². The Hall–Kier alpha value is -3.27. The van der Waals surface area contributed by atoms with E-state index < -0.39 is 0 Å². The van der Waals surface area contributed by atoms with E-state index in [-0.39, 0.29) is 6.03 Å². The van der Waals surface area contributed by atoms with Crippen LogP contribution in [0, 0.1) is 0 Å². The maximum atomic E-state index is 12.9. The van der Waals surface area contributed by atoms with Gasteiger partial charge in [-0.25, -0.2) is 4.79 Å². The Bertz CT molecular complexity index is 835. The molecule has 3 aromatic rings. The minimum Gasteiger partial charge on any atom is -0.497 e. The Kier molecular flexibility index (Phi) is 5.88. The summed E-state index contributed by atoms with van der Waals surface area (Å²) >= 11 is 0. The van der Waals surface area contributed by atoms with E-state index in [9.17, 15) is 4.79 Å². The van der Waals surface area contributed by atoms with Crippen LogP contribution in [0.5, 0.6) is 5.75 Å².